The van der Waals surface area contributed by atoms with Crippen molar-refractivity contribution in [1.82, 2.24) is 0 Å². The summed E-state index contributed by atoms with van der Waals surface area (Å²) < 4.78 is 11.6. The molecule has 0 saturated heterocycles. The van der Waals surface area contributed by atoms with Gasteiger partial charge >= 0.3 is 0 Å². The fourth-order valence-electron chi connectivity index (χ4n) is 2.18. The molecule has 0 fully saturated rings. The Labute approximate surface area is 117 Å². The molecule has 0 aliphatic carbocycles. The van der Waals surface area contributed by atoms with Crippen LogP contribution in [-0.4, -0.2) is 13.2 Å². The van der Waals surface area contributed by atoms with Gasteiger partial charge in [-0.1, -0.05) is 13.0 Å². The largest absolute Gasteiger partial charge is 0.489 e. The van der Waals surface area contributed by atoms with Crippen molar-refractivity contribution in [3.05, 3.63) is 34.5 Å². The van der Waals surface area contributed by atoms with Crippen molar-refractivity contribution in [2.24, 2.45) is 11.7 Å². The van der Waals surface area contributed by atoms with Crippen molar-refractivity contribution in [2.45, 2.75) is 13.5 Å². The lowest BCUT2D eigenvalue weighted by atomic mass is 10.1. The number of thiophene rings is 1. The summed E-state index contributed by atoms with van der Waals surface area (Å²) in [5.74, 6) is 2.07. The normalized spacial score (nSPS) is 18.1. The number of fused-ring (bicyclic) bond motifs is 1. The van der Waals surface area contributed by atoms with Gasteiger partial charge in [-0.25, -0.2) is 0 Å². The summed E-state index contributed by atoms with van der Waals surface area (Å²) in [7, 11) is 0. The molecule has 1 unspecified atom stereocenters. The van der Waals surface area contributed by atoms with Gasteiger partial charge < -0.3 is 15.2 Å². The first-order valence-corrected chi connectivity index (χ1v) is 7.32. The van der Waals surface area contributed by atoms with E-state index in [-0.39, 0.29) is 0 Å². The lowest BCUT2D eigenvalue weighted by molar-refractivity contribution is 0.228. The highest BCUT2D eigenvalue weighted by atomic mass is 32.1. The highest BCUT2D eigenvalue weighted by Crippen LogP contribution is 2.36. The maximum Gasteiger partial charge on any atom is 0.161 e. The van der Waals surface area contributed by atoms with Crippen LogP contribution in [0.2, 0.25) is 0 Å². The van der Waals surface area contributed by atoms with Crippen LogP contribution < -0.4 is 15.2 Å². The Bertz CT molecular complexity index is 579. The Hall–Kier alpha value is -1.52. The summed E-state index contributed by atoms with van der Waals surface area (Å²) in [6.45, 7) is 4.10. The van der Waals surface area contributed by atoms with E-state index in [0.717, 1.165) is 17.1 Å². The summed E-state index contributed by atoms with van der Waals surface area (Å²) in [5, 5.41) is 2.07. The predicted octanol–water partition coefficient (Wildman–Crippen LogP) is 3.28. The number of benzene rings is 1. The van der Waals surface area contributed by atoms with E-state index in [0.29, 0.717) is 25.7 Å². The van der Waals surface area contributed by atoms with Crippen LogP contribution in [0.1, 0.15) is 11.8 Å². The molecule has 1 aliphatic heterocycles. The molecular formula is C15H17NO2S. The van der Waals surface area contributed by atoms with E-state index in [1.807, 2.05) is 6.07 Å². The van der Waals surface area contributed by atoms with Crippen molar-refractivity contribution in [3.63, 3.8) is 0 Å². The molecule has 2 aromatic rings. The number of ether oxygens (including phenoxy) is 2. The second-order valence-electron chi connectivity index (χ2n) is 4.85. The van der Waals surface area contributed by atoms with Crippen molar-refractivity contribution in [2.75, 3.05) is 13.2 Å². The topological polar surface area (TPSA) is 44.5 Å². The number of hydrogen-bond donors (Lipinski definition) is 1. The first-order valence-electron chi connectivity index (χ1n) is 6.44. The maximum atomic E-state index is 5.82. The molecule has 2 N–H and O–H groups in total. The summed E-state index contributed by atoms with van der Waals surface area (Å²) in [6, 6.07) is 8.21. The van der Waals surface area contributed by atoms with Gasteiger partial charge in [0, 0.05) is 17.3 Å². The molecule has 100 valence electrons. The molecule has 3 nitrogen and oxygen atoms in total. The molecule has 3 rings (SSSR count). The van der Waals surface area contributed by atoms with Crippen molar-refractivity contribution >= 4 is 11.3 Å². The summed E-state index contributed by atoms with van der Waals surface area (Å²) in [4.78, 5) is 1.20. The van der Waals surface area contributed by atoms with Crippen molar-refractivity contribution in [1.29, 1.82) is 0 Å². The number of hydrogen-bond acceptors (Lipinski definition) is 4. The minimum atomic E-state index is 0.414. The van der Waals surface area contributed by atoms with Gasteiger partial charge in [0.2, 0.25) is 0 Å². The van der Waals surface area contributed by atoms with Crippen molar-refractivity contribution in [3.8, 4) is 22.6 Å². The summed E-state index contributed by atoms with van der Waals surface area (Å²) in [6.07, 6.45) is 0. The van der Waals surface area contributed by atoms with Gasteiger partial charge in [-0.15, -0.1) is 11.3 Å². The monoisotopic (exact) mass is 275 g/mol. The van der Waals surface area contributed by atoms with Gasteiger partial charge in [-0.05, 0) is 34.7 Å². The van der Waals surface area contributed by atoms with Crippen molar-refractivity contribution < 1.29 is 9.47 Å². The zero-order valence-corrected chi connectivity index (χ0v) is 11.7. The minimum absolute atomic E-state index is 0.414. The van der Waals surface area contributed by atoms with E-state index < -0.39 is 0 Å². The summed E-state index contributed by atoms with van der Waals surface area (Å²) in [5.41, 5.74) is 8.10. The lowest BCUT2D eigenvalue weighted by Gasteiger charge is -2.09. The zero-order chi connectivity index (χ0) is 13.2. The SMILES string of the molecule is CC1COc2ccc(-c3ccsc3CN)cc2OC1. The second kappa shape index (κ2) is 5.23. The Kier molecular flexibility index (Phi) is 3.44. The van der Waals surface area contributed by atoms with Gasteiger partial charge in [0.15, 0.2) is 11.5 Å². The average molecular weight is 275 g/mol. The standard InChI is InChI=1S/C15H17NO2S/c1-10-8-17-13-3-2-11(6-14(13)18-9-10)12-4-5-19-15(12)7-16/h2-6,10H,7-9,16H2,1H3. The molecule has 0 bridgehead atoms. The summed E-state index contributed by atoms with van der Waals surface area (Å²) >= 11 is 1.69. The molecule has 0 radical (unpaired) electrons. The molecule has 0 spiro atoms. The van der Waals surface area contributed by atoms with Gasteiger partial charge in [-0.3, -0.25) is 0 Å². The third-order valence-corrected chi connectivity index (χ3v) is 4.18. The maximum absolute atomic E-state index is 5.82. The first kappa shape index (κ1) is 12.5. The van der Waals surface area contributed by atoms with Gasteiger partial charge in [0.1, 0.15) is 0 Å². The Morgan fingerprint density at radius 2 is 2.00 bits per heavy atom. The molecule has 0 saturated carbocycles. The predicted molar refractivity (Wildman–Crippen MR) is 77.8 cm³/mol. The minimum Gasteiger partial charge on any atom is -0.489 e. The van der Waals surface area contributed by atoms with Crippen LogP contribution in [0.4, 0.5) is 0 Å². The molecule has 0 amide bonds. The van der Waals surface area contributed by atoms with Crippen LogP contribution in [0, 0.1) is 5.92 Å². The molecular weight excluding hydrogens is 258 g/mol. The van der Waals surface area contributed by atoms with E-state index >= 15 is 0 Å². The quantitative estimate of drug-likeness (QED) is 0.914. The Morgan fingerprint density at radius 3 is 2.79 bits per heavy atom. The van der Waals surface area contributed by atoms with Gasteiger partial charge in [0.25, 0.3) is 0 Å². The van der Waals surface area contributed by atoms with E-state index in [2.05, 4.69) is 30.5 Å². The zero-order valence-electron chi connectivity index (χ0n) is 10.9. The molecule has 1 atom stereocenters. The Balaban J connectivity index is 1.97. The smallest absolute Gasteiger partial charge is 0.161 e. The van der Waals surface area contributed by atoms with Crippen LogP contribution in [-0.2, 0) is 6.54 Å². The van der Waals surface area contributed by atoms with Crippen LogP contribution in [0.15, 0.2) is 29.6 Å². The molecule has 1 aliphatic rings. The number of nitrogens with two attached hydrogens (primary N) is 1. The van der Waals surface area contributed by atoms with Gasteiger partial charge in [-0.2, -0.15) is 0 Å². The van der Waals surface area contributed by atoms with Gasteiger partial charge in [0.05, 0.1) is 13.2 Å². The molecule has 2 heterocycles. The third-order valence-electron chi connectivity index (χ3n) is 3.23. The second-order valence-corrected chi connectivity index (χ2v) is 5.85. The fraction of sp³-hybridized carbons (Fsp3) is 0.333. The average Bonchev–Trinajstić information content (AvgIpc) is 2.84. The van der Waals surface area contributed by atoms with E-state index in [1.165, 1.54) is 10.4 Å². The van der Waals surface area contributed by atoms with E-state index in [9.17, 15) is 0 Å². The van der Waals surface area contributed by atoms with Crippen LogP contribution in [0.3, 0.4) is 0 Å². The van der Waals surface area contributed by atoms with E-state index in [4.69, 9.17) is 15.2 Å². The third kappa shape index (κ3) is 2.46. The molecule has 1 aromatic carbocycles. The highest BCUT2D eigenvalue weighted by molar-refractivity contribution is 7.10. The molecule has 4 heteroatoms. The highest BCUT2D eigenvalue weighted by Gasteiger charge is 2.16. The molecule has 1 aromatic heterocycles. The first-order chi connectivity index (χ1) is 9.28. The lowest BCUT2D eigenvalue weighted by Crippen LogP contribution is -2.12. The van der Waals surface area contributed by atoms with Crippen LogP contribution >= 0.6 is 11.3 Å². The van der Waals surface area contributed by atoms with E-state index in [1.54, 1.807) is 11.3 Å². The van der Waals surface area contributed by atoms with Crippen LogP contribution in [0.25, 0.3) is 11.1 Å². The Morgan fingerprint density at radius 1 is 1.21 bits per heavy atom. The molecule has 19 heavy (non-hydrogen) atoms. The number of rotatable bonds is 2. The van der Waals surface area contributed by atoms with Crippen LogP contribution in [0.5, 0.6) is 11.5 Å². The fourth-order valence-corrected chi connectivity index (χ4v) is 2.95.